The highest BCUT2D eigenvalue weighted by Crippen LogP contribution is 2.12. The first-order valence-corrected chi connectivity index (χ1v) is 9.02. The van der Waals surface area contributed by atoms with Crippen LogP contribution in [0.2, 0.25) is 0 Å². The smallest absolute Gasteiger partial charge is 0.241 e. The van der Waals surface area contributed by atoms with Crippen molar-refractivity contribution in [1.82, 2.24) is 25.6 Å². The van der Waals surface area contributed by atoms with Gasteiger partial charge in [-0.25, -0.2) is 0 Å². The minimum absolute atomic E-state index is 0.0573. The third-order valence-electron chi connectivity index (χ3n) is 4.20. The van der Waals surface area contributed by atoms with Gasteiger partial charge in [-0.15, -0.1) is 0 Å². The normalized spacial score (nSPS) is 11.7. The summed E-state index contributed by atoms with van der Waals surface area (Å²) in [4.78, 5) is 25.1. The second kappa shape index (κ2) is 10.1. The van der Waals surface area contributed by atoms with E-state index in [9.17, 15) is 4.79 Å². The number of hydrogen-bond donors (Lipinski definition) is 2. The lowest BCUT2D eigenvalue weighted by Crippen LogP contribution is -2.39. The first kappa shape index (κ1) is 18.7. The zero-order valence-electron chi connectivity index (χ0n) is 15.1. The third-order valence-corrected chi connectivity index (χ3v) is 4.20. The van der Waals surface area contributed by atoms with Crippen molar-refractivity contribution in [2.75, 3.05) is 13.1 Å². The van der Waals surface area contributed by atoms with Gasteiger partial charge < -0.3 is 10.6 Å². The molecule has 6 nitrogen and oxygen atoms in total. The van der Waals surface area contributed by atoms with Crippen LogP contribution >= 0.6 is 0 Å². The lowest BCUT2D eigenvalue weighted by atomic mass is 10.1. The SMILES string of the molecule is O=C(NCCc1cccnc1)C(NCCc1cccnc1)c1cccnc1. The van der Waals surface area contributed by atoms with Crippen LogP contribution in [0.4, 0.5) is 0 Å². The van der Waals surface area contributed by atoms with Gasteiger partial charge in [0, 0.05) is 50.3 Å². The molecule has 1 amide bonds. The Morgan fingerprint density at radius 3 is 1.96 bits per heavy atom. The average molecular weight is 361 g/mol. The summed E-state index contributed by atoms with van der Waals surface area (Å²) in [5.41, 5.74) is 3.08. The predicted octanol–water partition coefficient (Wildman–Crippen LogP) is 2.10. The van der Waals surface area contributed by atoms with Gasteiger partial charge in [0.25, 0.3) is 0 Å². The van der Waals surface area contributed by atoms with E-state index >= 15 is 0 Å². The van der Waals surface area contributed by atoms with Gasteiger partial charge in [-0.05, 0) is 47.7 Å². The molecule has 0 aliphatic heterocycles. The Kier molecular flexibility index (Phi) is 7.00. The van der Waals surface area contributed by atoms with E-state index in [4.69, 9.17) is 0 Å². The Morgan fingerprint density at radius 1 is 0.815 bits per heavy atom. The van der Waals surface area contributed by atoms with Crippen molar-refractivity contribution in [3.63, 3.8) is 0 Å². The van der Waals surface area contributed by atoms with Crippen LogP contribution in [-0.4, -0.2) is 33.9 Å². The second-order valence-electron chi connectivity index (χ2n) is 6.19. The maximum atomic E-state index is 12.7. The quantitative estimate of drug-likeness (QED) is 0.610. The highest BCUT2D eigenvalue weighted by Gasteiger charge is 2.19. The molecule has 0 saturated heterocycles. The van der Waals surface area contributed by atoms with Crippen molar-refractivity contribution in [1.29, 1.82) is 0 Å². The summed E-state index contributed by atoms with van der Waals surface area (Å²) in [6, 6.07) is 11.2. The Bertz CT molecular complexity index is 812. The fraction of sp³-hybridized carbons (Fsp3) is 0.238. The number of rotatable bonds is 9. The maximum Gasteiger partial charge on any atom is 0.241 e. The van der Waals surface area contributed by atoms with Crippen LogP contribution in [0.3, 0.4) is 0 Å². The molecule has 0 aromatic carbocycles. The number of pyridine rings is 3. The Balaban J connectivity index is 1.56. The van der Waals surface area contributed by atoms with Crippen molar-refractivity contribution in [2.45, 2.75) is 18.9 Å². The molecule has 0 saturated carbocycles. The van der Waals surface area contributed by atoms with Gasteiger partial charge in [-0.2, -0.15) is 0 Å². The van der Waals surface area contributed by atoms with Gasteiger partial charge in [0.2, 0.25) is 5.91 Å². The van der Waals surface area contributed by atoms with Crippen LogP contribution in [0.1, 0.15) is 22.7 Å². The lowest BCUT2D eigenvalue weighted by molar-refractivity contribution is -0.123. The number of amides is 1. The van der Waals surface area contributed by atoms with E-state index in [1.165, 1.54) is 0 Å². The molecule has 27 heavy (non-hydrogen) atoms. The van der Waals surface area contributed by atoms with Crippen molar-refractivity contribution in [2.24, 2.45) is 0 Å². The maximum absolute atomic E-state index is 12.7. The summed E-state index contributed by atoms with van der Waals surface area (Å²) in [7, 11) is 0. The van der Waals surface area contributed by atoms with E-state index in [2.05, 4.69) is 25.6 Å². The summed E-state index contributed by atoms with van der Waals surface area (Å²) in [5.74, 6) is -0.0573. The molecule has 2 N–H and O–H groups in total. The molecule has 3 aromatic heterocycles. The number of nitrogens with zero attached hydrogens (tertiary/aromatic N) is 3. The van der Waals surface area contributed by atoms with Crippen molar-refractivity contribution in [3.8, 4) is 0 Å². The summed E-state index contributed by atoms with van der Waals surface area (Å²) < 4.78 is 0. The fourth-order valence-corrected chi connectivity index (χ4v) is 2.79. The van der Waals surface area contributed by atoms with Crippen molar-refractivity contribution in [3.05, 3.63) is 90.3 Å². The molecule has 0 aliphatic rings. The minimum atomic E-state index is -0.440. The van der Waals surface area contributed by atoms with Gasteiger partial charge in [0.05, 0.1) is 0 Å². The number of aromatic nitrogens is 3. The monoisotopic (exact) mass is 361 g/mol. The summed E-state index contributed by atoms with van der Waals surface area (Å²) in [5, 5.41) is 6.35. The summed E-state index contributed by atoms with van der Waals surface area (Å²) >= 11 is 0. The number of carbonyl (C=O) groups is 1. The largest absolute Gasteiger partial charge is 0.354 e. The van der Waals surface area contributed by atoms with Crippen molar-refractivity contribution < 1.29 is 4.79 Å². The molecule has 3 heterocycles. The van der Waals surface area contributed by atoms with Gasteiger partial charge in [0.15, 0.2) is 0 Å². The molecule has 1 atom stereocenters. The number of nitrogens with one attached hydrogen (secondary N) is 2. The van der Waals surface area contributed by atoms with Crippen LogP contribution < -0.4 is 10.6 Å². The Labute approximate surface area is 159 Å². The van der Waals surface area contributed by atoms with Gasteiger partial charge >= 0.3 is 0 Å². The standard InChI is InChI=1S/C21H23N5O/c27-21(26-13-8-18-5-2-10-23-15-18)20(19-6-3-11-24-16-19)25-12-7-17-4-1-9-22-14-17/h1-6,9-11,14-16,20,25H,7-8,12-13H2,(H,26,27). The molecule has 3 rings (SSSR count). The highest BCUT2D eigenvalue weighted by atomic mass is 16.2. The molecule has 0 fully saturated rings. The third kappa shape index (κ3) is 5.97. The molecule has 0 bridgehead atoms. The van der Waals surface area contributed by atoms with Crippen LogP contribution in [0.25, 0.3) is 0 Å². The Hall–Kier alpha value is -3.12. The highest BCUT2D eigenvalue weighted by molar-refractivity contribution is 5.83. The summed E-state index contributed by atoms with van der Waals surface area (Å²) in [6.45, 7) is 1.23. The lowest BCUT2D eigenvalue weighted by Gasteiger charge is -2.18. The second-order valence-corrected chi connectivity index (χ2v) is 6.19. The van der Waals surface area contributed by atoms with Gasteiger partial charge in [0.1, 0.15) is 6.04 Å². The zero-order chi connectivity index (χ0) is 18.7. The topological polar surface area (TPSA) is 79.8 Å². The van der Waals surface area contributed by atoms with Crippen molar-refractivity contribution >= 4 is 5.91 Å². The molecule has 1 unspecified atom stereocenters. The molecular weight excluding hydrogens is 338 g/mol. The van der Waals surface area contributed by atoms with E-state index in [-0.39, 0.29) is 5.91 Å². The molecule has 0 aliphatic carbocycles. The van der Waals surface area contributed by atoms with E-state index in [0.29, 0.717) is 13.1 Å². The van der Waals surface area contributed by atoms with E-state index in [1.807, 2.05) is 48.8 Å². The molecule has 3 aromatic rings. The zero-order valence-corrected chi connectivity index (χ0v) is 15.1. The van der Waals surface area contributed by atoms with Gasteiger partial charge in [-0.1, -0.05) is 18.2 Å². The van der Waals surface area contributed by atoms with Crippen LogP contribution in [-0.2, 0) is 17.6 Å². The van der Waals surface area contributed by atoms with Crippen LogP contribution in [0.15, 0.2) is 73.6 Å². The number of carbonyl (C=O) groups excluding carboxylic acids is 1. The van der Waals surface area contributed by atoms with Crippen LogP contribution in [0.5, 0.6) is 0 Å². The van der Waals surface area contributed by atoms with Gasteiger partial charge in [-0.3, -0.25) is 19.7 Å². The Morgan fingerprint density at radius 2 is 1.41 bits per heavy atom. The predicted molar refractivity (Wildman–Crippen MR) is 104 cm³/mol. The average Bonchev–Trinajstić information content (AvgIpc) is 2.73. The fourth-order valence-electron chi connectivity index (χ4n) is 2.79. The molecule has 0 radical (unpaired) electrons. The molecule has 138 valence electrons. The molecule has 6 heteroatoms. The van der Waals surface area contributed by atoms with Crippen LogP contribution in [0, 0.1) is 0 Å². The van der Waals surface area contributed by atoms with E-state index in [1.54, 1.807) is 24.8 Å². The van der Waals surface area contributed by atoms with E-state index < -0.39 is 6.04 Å². The first-order valence-electron chi connectivity index (χ1n) is 9.02. The minimum Gasteiger partial charge on any atom is -0.354 e. The summed E-state index contributed by atoms with van der Waals surface area (Å²) in [6.07, 6.45) is 12.1. The van der Waals surface area contributed by atoms with E-state index in [0.717, 1.165) is 29.5 Å². The molecule has 0 spiro atoms. The molecular formula is C21H23N5O. The first-order chi connectivity index (χ1) is 13.3. The number of hydrogen-bond acceptors (Lipinski definition) is 5.